The summed E-state index contributed by atoms with van der Waals surface area (Å²) in [4.78, 5) is 2.59. The molecular weight excluding hydrogens is 286 g/mol. The van der Waals surface area contributed by atoms with Crippen molar-refractivity contribution in [2.45, 2.75) is 30.8 Å². The molecule has 0 amide bonds. The summed E-state index contributed by atoms with van der Waals surface area (Å²) in [6.07, 6.45) is 0. The fourth-order valence-corrected chi connectivity index (χ4v) is 4.23. The Morgan fingerprint density at radius 2 is 2.00 bits per heavy atom. The molecule has 1 fully saturated rings. The molecule has 1 aliphatic heterocycles. The average molecular weight is 311 g/mol. The second-order valence-electron chi connectivity index (χ2n) is 6.25. The van der Waals surface area contributed by atoms with E-state index in [1.54, 1.807) is 22.5 Å². The summed E-state index contributed by atoms with van der Waals surface area (Å²) in [5.74, 6) is 0. The minimum absolute atomic E-state index is 0.145. The minimum atomic E-state index is -3.42. The van der Waals surface area contributed by atoms with Crippen LogP contribution in [0.15, 0.2) is 29.2 Å². The smallest absolute Gasteiger partial charge is 0.243 e. The molecule has 0 aliphatic carbocycles. The fraction of sp³-hybridized carbons (Fsp3) is 0.600. The Bertz CT molecular complexity index is 599. The first-order valence-corrected chi connectivity index (χ1v) is 8.66. The third-order valence-corrected chi connectivity index (χ3v) is 6.04. The zero-order valence-electron chi connectivity index (χ0n) is 13.3. The monoisotopic (exact) mass is 311 g/mol. The highest BCUT2D eigenvalue weighted by Crippen LogP contribution is 2.25. The molecule has 0 unspecified atom stereocenters. The highest BCUT2D eigenvalue weighted by molar-refractivity contribution is 7.89. The molecule has 1 N–H and O–H groups in total. The standard InChI is InChI=1S/C15H25N3O2S/c1-15(2)12-18(9-8-17(15)4)21(19,20)14-7-5-6-13(10-14)11-16-3/h5-7,10,16H,8-9,11-12H2,1-4H3. The van der Waals surface area contributed by atoms with Gasteiger partial charge in [0.1, 0.15) is 0 Å². The summed E-state index contributed by atoms with van der Waals surface area (Å²) in [6, 6.07) is 7.18. The fourth-order valence-electron chi connectivity index (χ4n) is 2.57. The van der Waals surface area contributed by atoms with Crippen LogP contribution in [0.5, 0.6) is 0 Å². The number of piperazine rings is 1. The Morgan fingerprint density at radius 3 is 2.62 bits per heavy atom. The van der Waals surface area contributed by atoms with Gasteiger partial charge < -0.3 is 5.32 Å². The molecule has 0 spiro atoms. The summed E-state index contributed by atoms with van der Waals surface area (Å²) in [5.41, 5.74) is 0.834. The number of nitrogens with zero attached hydrogens (tertiary/aromatic N) is 2. The highest BCUT2D eigenvalue weighted by Gasteiger charge is 2.37. The molecule has 1 heterocycles. The van der Waals surface area contributed by atoms with E-state index in [4.69, 9.17) is 0 Å². The number of hydrogen-bond acceptors (Lipinski definition) is 4. The quantitative estimate of drug-likeness (QED) is 0.905. The van der Waals surface area contributed by atoms with Gasteiger partial charge in [0.2, 0.25) is 10.0 Å². The van der Waals surface area contributed by atoms with Crippen LogP contribution in [0, 0.1) is 0 Å². The normalized spacial score (nSPS) is 20.6. The number of sulfonamides is 1. The van der Waals surface area contributed by atoms with E-state index < -0.39 is 10.0 Å². The highest BCUT2D eigenvalue weighted by atomic mass is 32.2. The molecule has 118 valence electrons. The SMILES string of the molecule is CNCc1cccc(S(=O)(=O)N2CCN(C)C(C)(C)C2)c1. The van der Waals surface area contributed by atoms with Crippen LogP contribution in [0.3, 0.4) is 0 Å². The van der Waals surface area contributed by atoms with Gasteiger partial charge in [-0.2, -0.15) is 4.31 Å². The van der Waals surface area contributed by atoms with Crippen molar-refractivity contribution in [1.82, 2.24) is 14.5 Å². The van der Waals surface area contributed by atoms with E-state index in [2.05, 4.69) is 24.1 Å². The molecule has 21 heavy (non-hydrogen) atoms. The Labute approximate surface area is 128 Å². The van der Waals surface area contributed by atoms with E-state index in [0.717, 1.165) is 12.1 Å². The van der Waals surface area contributed by atoms with Gasteiger partial charge in [0.15, 0.2) is 0 Å². The first-order valence-electron chi connectivity index (χ1n) is 7.22. The summed E-state index contributed by atoms with van der Waals surface area (Å²) >= 11 is 0. The van der Waals surface area contributed by atoms with Crippen LogP contribution in [-0.2, 0) is 16.6 Å². The zero-order valence-corrected chi connectivity index (χ0v) is 14.1. The Kier molecular flexibility index (Phi) is 4.72. The van der Waals surface area contributed by atoms with Crippen molar-refractivity contribution >= 4 is 10.0 Å². The van der Waals surface area contributed by atoms with Crippen LogP contribution in [-0.4, -0.2) is 56.9 Å². The minimum Gasteiger partial charge on any atom is -0.316 e. The van der Waals surface area contributed by atoms with Gasteiger partial charge in [-0.25, -0.2) is 8.42 Å². The van der Waals surface area contributed by atoms with Crippen LogP contribution in [0.4, 0.5) is 0 Å². The van der Waals surface area contributed by atoms with Gasteiger partial charge in [-0.05, 0) is 45.6 Å². The molecule has 2 rings (SSSR count). The van der Waals surface area contributed by atoms with Crippen molar-refractivity contribution in [2.24, 2.45) is 0 Å². The van der Waals surface area contributed by atoms with Crippen LogP contribution in [0.1, 0.15) is 19.4 Å². The lowest BCUT2D eigenvalue weighted by molar-refractivity contribution is 0.0801. The lowest BCUT2D eigenvalue weighted by Crippen LogP contribution is -2.58. The summed E-state index contributed by atoms with van der Waals surface area (Å²) in [5, 5.41) is 3.05. The number of hydrogen-bond donors (Lipinski definition) is 1. The largest absolute Gasteiger partial charge is 0.316 e. The molecule has 5 nitrogen and oxygen atoms in total. The lowest BCUT2D eigenvalue weighted by Gasteiger charge is -2.44. The molecule has 0 atom stereocenters. The second kappa shape index (κ2) is 6.04. The Hall–Kier alpha value is -0.950. The Balaban J connectivity index is 2.28. The van der Waals surface area contributed by atoms with Crippen LogP contribution in [0.2, 0.25) is 0 Å². The zero-order chi connectivity index (χ0) is 15.7. The first kappa shape index (κ1) is 16.4. The molecular formula is C15H25N3O2S. The number of rotatable bonds is 4. The van der Waals surface area contributed by atoms with E-state index in [0.29, 0.717) is 24.5 Å². The number of likely N-dealkylation sites (N-methyl/N-ethyl adjacent to an activating group) is 1. The summed E-state index contributed by atoms with van der Waals surface area (Å²) < 4.78 is 27.3. The third kappa shape index (κ3) is 3.45. The molecule has 0 bridgehead atoms. The van der Waals surface area contributed by atoms with E-state index >= 15 is 0 Å². The molecule has 1 aromatic carbocycles. The molecule has 1 aliphatic rings. The first-order chi connectivity index (χ1) is 9.77. The van der Waals surface area contributed by atoms with Crippen molar-refractivity contribution in [3.05, 3.63) is 29.8 Å². The van der Waals surface area contributed by atoms with Gasteiger partial charge in [0, 0.05) is 31.7 Å². The van der Waals surface area contributed by atoms with Gasteiger partial charge >= 0.3 is 0 Å². The maximum atomic E-state index is 12.8. The van der Waals surface area contributed by atoms with Gasteiger partial charge in [0.05, 0.1) is 4.90 Å². The lowest BCUT2D eigenvalue weighted by atomic mass is 10.0. The van der Waals surface area contributed by atoms with E-state index in [-0.39, 0.29) is 5.54 Å². The van der Waals surface area contributed by atoms with Crippen molar-refractivity contribution in [2.75, 3.05) is 33.7 Å². The van der Waals surface area contributed by atoms with Gasteiger partial charge in [-0.3, -0.25) is 4.90 Å². The predicted octanol–water partition coefficient (Wildman–Crippen LogP) is 1.12. The van der Waals surface area contributed by atoms with Gasteiger partial charge in [-0.15, -0.1) is 0 Å². The molecule has 1 saturated heterocycles. The van der Waals surface area contributed by atoms with Crippen LogP contribution >= 0.6 is 0 Å². The predicted molar refractivity (Wildman–Crippen MR) is 84.7 cm³/mol. The van der Waals surface area contributed by atoms with Crippen LogP contribution < -0.4 is 5.32 Å². The molecule has 1 aromatic rings. The van der Waals surface area contributed by atoms with Crippen molar-refractivity contribution in [3.63, 3.8) is 0 Å². The maximum absolute atomic E-state index is 12.8. The van der Waals surface area contributed by atoms with Gasteiger partial charge in [0.25, 0.3) is 0 Å². The van der Waals surface area contributed by atoms with Crippen molar-refractivity contribution in [3.8, 4) is 0 Å². The Morgan fingerprint density at radius 1 is 1.29 bits per heavy atom. The maximum Gasteiger partial charge on any atom is 0.243 e. The molecule has 6 heteroatoms. The number of benzene rings is 1. The molecule has 0 radical (unpaired) electrons. The molecule has 0 aromatic heterocycles. The third-order valence-electron chi connectivity index (χ3n) is 4.20. The number of nitrogens with one attached hydrogen (secondary N) is 1. The molecule has 0 saturated carbocycles. The van der Waals surface area contributed by atoms with Crippen molar-refractivity contribution in [1.29, 1.82) is 0 Å². The van der Waals surface area contributed by atoms with E-state index in [1.165, 1.54) is 0 Å². The van der Waals surface area contributed by atoms with E-state index in [1.807, 2.05) is 20.2 Å². The average Bonchev–Trinajstić information content (AvgIpc) is 2.42. The van der Waals surface area contributed by atoms with Crippen molar-refractivity contribution < 1.29 is 8.42 Å². The summed E-state index contributed by atoms with van der Waals surface area (Å²) in [7, 11) is 0.472. The van der Waals surface area contributed by atoms with Crippen LogP contribution in [0.25, 0.3) is 0 Å². The second-order valence-corrected chi connectivity index (χ2v) is 8.19. The van der Waals surface area contributed by atoms with E-state index in [9.17, 15) is 8.42 Å². The topological polar surface area (TPSA) is 52.7 Å². The summed E-state index contributed by atoms with van der Waals surface area (Å²) in [6.45, 7) is 6.62. The van der Waals surface area contributed by atoms with Gasteiger partial charge in [-0.1, -0.05) is 12.1 Å².